The van der Waals surface area contributed by atoms with Crippen molar-refractivity contribution in [2.24, 2.45) is 0 Å². The smallest absolute Gasteiger partial charge is 0.392 e. The molecule has 0 fully saturated rings. The summed E-state index contributed by atoms with van der Waals surface area (Å²) in [7, 11) is 0. The van der Waals surface area contributed by atoms with Crippen molar-refractivity contribution in [3.63, 3.8) is 0 Å². The zero-order chi connectivity index (χ0) is 13.9. The molecule has 0 aromatic heterocycles. The van der Waals surface area contributed by atoms with E-state index in [1.54, 1.807) is 30.3 Å². The first kappa shape index (κ1) is 13.2. The maximum atomic E-state index is 12.1. The highest BCUT2D eigenvalue weighted by Gasteiger charge is 2.26. The highest BCUT2D eigenvalue weighted by molar-refractivity contribution is 5.92. The Hall–Kier alpha value is -2.22. The SMILES string of the molecule is N#Cc1ccc(OCCC(F)(F)F)c2ccccc12. The molecule has 2 nitrogen and oxygen atoms in total. The molecule has 0 radical (unpaired) electrons. The average Bonchev–Trinajstić information content (AvgIpc) is 2.37. The Balaban J connectivity index is 2.28. The molecule has 2 rings (SSSR count). The minimum atomic E-state index is -4.23. The summed E-state index contributed by atoms with van der Waals surface area (Å²) in [4.78, 5) is 0. The number of rotatable bonds is 3. The number of nitriles is 1. The number of nitrogens with zero attached hydrogens (tertiary/aromatic N) is 1. The van der Waals surface area contributed by atoms with E-state index in [2.05, 4.69) is 0 Å². The molecule has 0 heterocycles. The van der Waals surface area contributed by atoms with E-state index in [1.165, 1.54) is 6.07 Å². The van der Waals surface area contributed by atoms with Gasteiger partial charge in [0.25, 0.3) is 0 Å². The second kappa shape index (κ2) is 5.19. The van der Waals surface area contributed by atoms with Crippen LogP contribution < -0.4 is 4.74 Å². The highest BCUT2D eigenvalue weighted by Crippen LogP contribution is 2.29. The molecule has 98 valence electrons. The summed E-state index contributed by atoms with van der Waals surface area (Å²) in [5.74, 6) is 0.360. The summed E-state index contributed by atoms with van der Waals surface area (Å²) >= 11 is 0. The van der Waals surface area contributed by atoms with Crippen molar-refractivity contribution in [2.45, 2.75) is 12.6 Å². The van der Waals surface area contributed by atoms with Gasteiger partial charge < -0.3 is 4.74 Å². The third-order valence-corrected chi connectivity index (χ3v) is 2.65. The van der Waals surface area contributed by atoms with Crippen LogP contribution in [0.2, 0.25) is 0 Å². The van der Waals surface area contributed by atoms with Gasteiger partial charge in [-0.3, -0.25) is 0 Å². The largest absolute Gasteiger partial charge is 0.493 e. The van der Waals surface area contributed by atoms with Gasteiger partial charge in [0.1, 0.15) is 5.75 Å². The van der Waals surface area contributed by atoms with E-state index in [1.807, 2.05) is 6.07 Å². The fraction of sp³-hybridized carbons (Fsp3) is 0.214. The summed E-state index contributed by atoms with van der Waals surface area (Å²) in [5.41, 5.74) is 0.471. The summed E-state index contributed by atoms with van der Waals surface area (Å²) < 4.78 is 41.4. The van der Waals surface area contributed by atoms with Crippen LogP contribution in [0.4, 0.5) is 13.2 Å². The summed E-state index contributed by atoms with van der Waals surface area (Å²) in [5, 5.41) is 10.3. The maximum Gasteiger partial charge on any atom is 0.392 e. The molecule has 0 saturated heterocycles. The zero-order valence-corrected chi connectivity index (χ0v) is 9.87. The summed E-state index contributed by atoms with van der Waals surface area (Å²) in [6.45, 7) is -0.431. The molecule has 0 aliphatic heterocycles. The van der Waals surface area contributed by atoms with Crippen LogP contribution in [-0.2, 0) is 0 Å². The number of alkyl halides is 3. The van der Waals surface area contributed by atoms with Crippen molar-refractivity contribution in [3.8, 4) is 11.8 Å². The van der Waals surface area contributed by atoms with Crippen LogP contribution in [0.1, 0.15) is 12.0 Å². The van der Waals surface area contributed by atoms with Gasteiger partial charge in [-0.25, -0.2) is 0 Å². The maximum absolute atomic E-state index is 12.1. The molecule has 0 N–H and O–H groups in total. The Kier molecular flexibility index (Phi) is 3.61. The fourth-order valence-electron chi connectivity index (χ4n) is 1.77. The van der Waals surface area contributed by atoms with Crippen molar-refractivity contribution in [1.29, 1.82) is 5.26 Å². The first-order valence-corrected chi connectivity index (χ1v) is 5.62. The van der Waals surface area contributed by atoms with Gasteiger partial charge in [-0.15, -0.1) is 0 Å². The third kappa shape index (κ3) is 3.16. The molecule has 0 spiro atoms. The van der Waals surface area contributed by atoms with Gasteiger partial charge in [-0.05, 0) is 12.1 Å². The molecular weight excluding hydrogens is 255 g/mol. The highest BCUT2D eigenvalue weighted by atomic mass is 19.4. The first-order valence-electron chi connectivity index (χ1n) is 5.62. The second-order valence-electron chi connectivity index (χ2n) is 3.98. The van der Waals surface area contributed by atoms with E-state index < -0.39 is 19.2 Å². The van der Waals surface area contributed by atoms with E-state index in [9.17, 15) is 13.2 Å². The first-order chi connectivity index (χ1) is 9.01. The molecule has 2 aromatic rings. The van der Waals surface area contributed by atoms with Crippen molar-refractivity contribution in [2.75, 3.05) is 6.61 Å². The normalized spacial score (nSPS) is 11.3. The predicted molar refractivity (Wildman–Crippen MR) is 64.8 cm³/mol. The van der Waals surface area contributed by atoms with Crippen molar-refractivity contribution < 1.29 is 17.9 Å². The molecule has 0 amide bonds. The zero-order valence-electron chi connectivity index (χ0n) is 9.87. The van der Waals surface area contributed by atoms with E-state index in [0.29, 0.717) is 22.1 Å². The quantitative estimate of drug-likeness (QED) is 0.839. The van der Waals surface area contributed by atoms with Crippen molar-refractivity contribution >= 4 is 10.8 Å². The lowest BCUT2D eigenvalue weighted by molar-refractivity contribution is -0.139. The molecule has 0 saturated carbocycles. The average molecular weight is 265 g/mol. The summed E-state index contributed by atoms with van der Waals surface area (Å²) in [6, 6.07) is 12.1. The molecule has 0 aliphatic rings. The number of hydrogen-bond donors (Lipinski definition) is 0. The van der Waals surface area contributed by atoms with E-state index in [4.69, 9.17) is 10.00 Å². The molecular formula is C14H10F3NO. The van der Waals surface area contributed by atoms with Crippen LogP contribution in [0.15, 0.2) is 36.4 Å². The lowest BCUT2D eigenvalue weighted by atomic mass is 10.0. The minimum Gasteiger partial charge on any atom is -0.493 e. The van der Waals surface area contributed by atoms with Crippen LogP contribution >= 0.6 is 0 Å². The van der Waals surface area contributed by atoms with Gasteiger partial charge in [0, 0.05) is 10.8 Å². The van der Waals surface area contributed by atoms with Gasteiger partial charge in [-0.1, -0.05) is 24.3 Å². The Morgan fingerprint density at radius 1 is 1.05 bits per heavy atom. The van der Waals surface area contributed by atoms with Crippen molar-refractivity contribution in [1.82, 2.24) is 0 Å². The van der Waals surface area contributed by atoms with Crippen LogP contribution in [0.5, 0.6) is 5.75 Å². The topological polar surface area (TPSA) is 33.0 Å². The number of benzene rings is 2. The lowest BCUT2D eigenvalue weighted by Gasteiger charge is -2.11. The number of ether oxygens (including phenoxy) is 1. The van der Waals surface area contributed by atoms with Crippen molar-refractivity contribution in [3.05, 3.63) is 42.0 Å². The molecule has 2 aromatic carbocycles. The van der Waals surface area contributed by atoms with E-state index >= 15 is 0 Å². The van der Waals surface area contributed by atoms with Crippen LogP contribution in [0, 0.1) is 11.3 Å². The molecule has 0 atom stereocenters. The Morgan fingerprint density at radius 3 is 2.37 bits per heavy atom. The van der Waals surface area contributed by atoms with Crippen LogP contribution in [-0.4, -0.2) is 12.8 Å². The minimum absolute atomic E-state index is 0.360. The molecule has 0 bridgehead atoms. The van der Waals surface area contributed by atoms with Gasteiger partial charge in [0.15, 0.2) is 0 Å². The van der Waals surface area contributed by atoms with Gasteiger partial charge in [0.2, 0.25) is 0 Å². The number of fused-ring (bicyclic) bond motifs is 1. The second-order valence-corrected chi connectivity index (χ2v) is 3.98. The Labute approximate surface area is 108 Å². The summed E-state index contributed by atoms with van der Waals surface area (Å²) in [6.07, 6.45) is -5.23. The monoisotopic (exact) mass is 265 g/mol. The fourth-order valence-corrected chi connectivity index (χ4v) is 1.77. The van der Waals surface area contributed by atoms with Crippen LogP contribution in [0.25, 0.3) is 10.8 Å². The lowest BCUT2D eigenvalue weighted by Crippen LogP contribution is -2.13. The van der Waals surface area contributed by atoms with E-state index in [0.717, 1.165) is 0 Å². The molecule has 5 heteroatoms. The number of hydrogen-bond acceptors (Lipinski definition) is 2. The Bertz CT molecular complexity index is 629. The number of halogens is 3. The van der Waals surface area contributed by atoms with Gasteiger partial charge in [-0.2, -0.15) is 18.4 Å². The van der Waals surface area contributed by atoms with Gasteiger partial charge in [0.05, 0.1) is 24.7 Å². The Morgan fingerprint density at radius 2 is 1.74 bits per heavy atom. The molecule has 0 aliphatic carbocycles. The standard InChI is InChI=1S/C14H10F3NO/c15-14(16,17)7-8-19-13-6-5-10(9-18)11-3-1-2-4-12(11)13/h1-6H,7-8H2. The van der Waals surface area contributed by atoms with Gasteiger partial charge >= 0.3 is 6.18 Å². The van der Waals surface area contributed by atoms with E-state index in [-0.39, 0.29) is 0 Å². The molecule has 19 heavy (non-hydrogen) atoms. The third-order valence-electron chi connectivity index (χ3n) is 2.65. The van der Waals surface area contributed by atoms with Crippen LogP contribution in [0.3, 0.4) is 0 Å². The molecule has 0 unspecified atom stereocenters. The predicted octanol–water partition coefficient (Wildman–Crippen LogP) is 4.04.